The number of likely N-dealkylation sites (tertiary alicyclic amines) is 1. The Kier molecular flexibility index (Phi) is 4.44. The molecule has 1 aliphatic rings. The van der Waals surface area contributed by atoms with Crippen molar-refractivity contribution < 1.29 is 0 Å². The zero-order chi connectivity index (χ0) is 14.2. The Balaban J connectivity index is 2.28. The van der Waals surface area contributed by atoms with Gasteiger partial charge in [-0.15, -0.1) is 0 Å². The summed E-state index contributed by atoms with van der Waals surface area (Å²) in [5.41, 5.74) is 1.23. The second-order valence-corrected chi connectivity index (χ2v) is 7.28. The molecule has 0 amide bonds. The summed E-state index contributed by atoms with van der Waals surface area (Å²) in [6.45, 7) is 7.53. The Labute approximate surface area is 130 Å². The molecule has 0 bridgehead atoms. The van der Waals surface area contributed by atoms with E-state index in [1.165, 1.54) is 12.0 Å². The highest BCUT2D eigenvalue weighted by molar-refractivity contribution is 7.80. The lowest BCUT2D eigenvalue weighted by atomic mass is 9.94. The molecular weight excluding hydrogens is 297 g/mol. The molecule has 1 aromatic carbocycles. The van der Waals surface area contributed by atoms with Crippen LogP contribution in [0.5, 0.6) is 0 Å². The van der Waals surface area contributed by atoms with E-state index in [1.807, 2.05) is 12.1 Å². The van der Waals surface area contributed by atoms with Crippen LogP contribution in [0.1, 0.15) is 45.2 Å². The van der Waals surface area contributed by atoms with Gasteiger partial charge in [0.05, 0.1) is 21.1 Å². The van der Waals surface area contributed by atoms with E-state index in [9.17, 15) is 0 Å². The van der Waals surface area contributed by atoms with E-state index < -0.39 is 0 Å². The summed E-state index contributed by atoms with van der Waals surface area (Å²) >= 11 is 17.8. The molecule has 1 saturated heterocycles. The first kappa shape index (κ1) is 15.1. The van der Waals surface area contributed by atoms with Crippen molar-refractivity contribution in [2.24, 2.45) is 5.41 Å². The standard InChI is InChI=1S/C15H19Cl2NS/c1-15(2,3)14(19)18-8-4-5-13(18)10-6-7-11(16)12(17)9-10/h6-7,9,13H,4-5,8H2,1-3H3. The Bertz CT molecular complexity index is 493. The molecule has 0 aliphatic carbocycles. The van der Waals surface area contributed by atoms with E-state index in [0.29, 0.717) is 16.1 Å². The van der Waals surface area contributed by atoms with E-state index in [0.717, 1.165) is 18.0 Å². The van der Waals surface area contributed by atoms with Crippen molar-refractivity contribution in [3.05, 3.63) is 33.8 Å². The lowest BCUT2D eigenvalue weighted by molar-refractivity contribution is 0.364. The van der Waals surface area contributed by atoms with Gasteiger partial charge in [0, 0.05) is 12.0 Å². The summed E-state index contributed by atoms with van der Waals surface area (Å²) in [6.07, 6.45) is 2.29. The van der Waals surface area contributed by atoms with Crippen molar-refractivity contribution in [2.45, 2.75) is 39.7 Å². The maximum absolute atomic E-state index is 6.13. The lowest BCUT2D eigenvalue weighted by Gasteiger charge is -2.34. The Hall–Kier alpha value is -0.310. The van der Waals surface area contributed by atoms with Gasteiger partial charge >= 0.3 is 0 Å². The lowest BCUT2D eigenvalue weighted by Crippen LogP contribution is -2.37. The van der Waals surface area contributed by atoms with Crippen LogP contribution in [0.2, 0.25) is 10.0 Å². The third-order valence-corrected chi connectivity index (χ3v) is 5.07. The fourth-order valence-electron chi connectivity index (χ4n) is 2.51. The second-order valence-electron chi connectivity index (χ2n) is 6.08. The Morgan fingerprint density at radius 2 is 1.95 bits per heavy atom. The highest BCUT2D eigenvalue weighted by atomic mass is 35.5. The van der Waals surface area contributed by atoms with Gasteiger partial charge in [0.15, 0.2) is 0 Å². The topological polar surface area (TPSA) is 3.24 Å². The third-order valence-electron chi connectivity index (χ3n) is 3.48. The van der Waals surface area contributed by atoms with Gasteiger partial charge in [0.25, 0.3) is 0 Å². The SMILES string of the molecule is CC(C)(C)C(=S)N1CCCC1c1ccc(Cl)c(Cl)c1. The van der Waals surface area contributed by atoms with Crippen molar-refractivity contribution in [1.82, 2.24) is 4.90 Å². The van der Waals surface area contributed by atoms with Crippen LogP contribution in [0.3, 0.4) is 0 Å². The molecular formula is C15H19Cl2NS. The molecule has 0 saturated carbocycles. The van der Waals surface area contributed by atoms with Crippen LogP contribution in [0.15, 0.2) is 18.2 Å². The predicted molar refractivity (Wildman–Crippen MR) is 87.2 cm³/mol. The maximum atomic E-state index is 6.13. The highest BCUT2D eigenvalue weighted by Crippen LogP contribution is 2.37. The molecule has 2 rings (SSSR count). The van der Waals surface area contributed by atoms with Gasteiger partial charge in [-0.2, -0.15) is 0 Å². The second kappa shape index (κ2) is 5.59. The number of hydrogen-bond donors (Lipinski definition) is 0. The zero-order valence-electron chi connectivity index (χ0n) is 11.5. The minimum atomic E-state index is 0.0220. The predicted octanol–water partition coefficient (Wildman–Crippen LogP) is 5.50. The van der Waals surface area contributed by atoms with E-state index in [4.69, 9.17) is 35.4 Å². The molecule has 0 radical (unpaired) electrons. The quantitative estimate of drug-likeness (QED) is 0.629. The van der Waals surface area contributed by atoms with Crippen molar-refractivity contribution in [3.63, 3.8) is 0 Å². The van der Waals surface area contributed by atoms with Crippen LogP contribution >= 0.6 is 35.4 Å². The van der Waals surface area contributed by atoms with Gasteiger partial charge in [-0.05, 0) is 30.5 Å². The molecule has 1 nitrogen and oxygen atoms in total. The molecule has 1 atom stereocenters. The molecule has 1 fully saturated rings. The van der Waals surface area contributed by atoms with Crippen molar-refractivity contribution in [2.75, 3.05) is 6.54 Å². The number of hydrogen-bond acceptors (Lipinski definition) is 1. The molecule has 1 heterocycles. The first-order valence-electron chi connectivity index (χ1n) is 6.57. The average Bonchev–Trinajstić information content (AvgIpc) is 2.79. The first-order chi connectivity index (χ1) is 8.80. The van der Waals surface area contributed by atoms with E-state index in [-0.39, 0.29) is 5.41 Å². The average molecular weight is 316 g/mol. The van der Waals surface area contributed by atoms with Crippen molar-refractivity contribution in [3.8, 4) is 0 Å². The monoisotopic (exact) mass is 315 g/mol. The number of thiocarbonyl (C=S) groups is 1. The fourth-order valence-corrected chi connectivity index (χ4v) is 3.03. The third kappa shape index (κ3) is 3.24. The summed E-state index contributed by atoms with van der Waals surface area (Å²) in [5.74, 6) is 0. The summed E-state index contributed by atoms with van der Waals surface area (Å²) in [6, 6.07) is 6.23. The van der Waals surface area contributed by atoms with Gasteiger partial charge in [-0.1, -0.05) is 62.3 Å². The molecule has 19 heavy (non-hydrogen) atoms. The van der Waals surface area contributed by atoms with Crippen LogP contribution in [0.25, 0.3) is 0 Å². The molecule has 104 valence electrons. The molecule has 0 N–H and O–H groups in total. The minimum absolute atomic E-state index is 0.0220. The summed E-state index contributed by atoms with van der Waals surface area (Å²) in [7, 11) is 0. The molecule has 1 aromatic rings. The van der Waals surface area contributed by atoms with Crippen molar-refractivity contribution in [1.29, 1.82) is 0 Å². The van der Waals surface area contributed by atoms with Gasteiger partial charge in [-0.3, -0.25) is 0 Å². The molecule has 0 aromatic heterocycles. The zero-order valence-corrected chi connectivity index (χ0v) is 13.9. The van der Waals surface area contributed by atoms with Crippen LogP contribution < -0.4 is 0 Å². The number of halogens is 2. The summed E-state index contributed by atoms with van der Waals surface area (Å²) in [5, 5.41) is 1.22. The van der Waals surface area contributed by atoms with Crippen molar-refractivity contribution >= 4 is 40.4 Å². The minimum Gasteiger partial charge on any atom is -0.359 e. The van der Waals surface area contributed by atoms with Gasteiger partial charge in [-0.25, -0.2) is 0 Å². The first-order valence-corrected chi connectivity index (χ1v) is 7.73. The van der Waals surface area contributed by atoms with Crippen LogP contribution in [-0.4, -0.2) is 16.4 Å². The van der Waals surface area contributed by atoms with Gasteiger partial charge in [0.2, 0.25) is 0 Å². The highest BCUT2D eigenvalue weighted by Gasteiger charge is 2.32. The molecule has 1 unspecified atom stereocenters. The largest absolute Gasteiger partial charge is 0.359 e. The fraction of sp³-hybridized carbons (Fsp3) is 0.533. The Morgan fingerprint density at radius 3 is 2.53 bits per heavy atom. The van der Waals surface area contributed by atoms with E-state index in [1.54, 1.807) is 0 Å². The van der Waals surface area contributed by atoms with Crippen LogP contribution in [0, 0.1) is 5.41 Å². The summed E-state index contributed by atoms with van der Waals surface area (Å²) in [4.78, 5) is 3.37. The number of rotatable bonds is 1. The smallest absolute Gasteiger partial charge is 0.0838 e. The van der Waals surface area contributed by atoms with E-state index in [2.05, 4.69) is 31.7 Å². The number of benzene rings is 1. The van der Waals surface area contributed by atoms with Gasteiger partial charge < -0.3 is 4.90 Å². The summed E-state index contributed by atoms with van der Waals surface area (Å²) < 4.78 is 0. The van der Waals surface area contributed by atoms with Gasteiger partial charge in [0.1, 0.15) is 0 Å². The van der Waals surface area contributed by atoms with E-state index >= 15 is 0 Å². The molecule has 1 aliphatic heterocycles. The number of nitrogens with zero attached hydrogens (tertiary/aromatic N) is 1. The molecule has 4 heteroatoms. The maximum Gasteiger partial charge on any atom is 0.0838 e. The Morgan fingerprint density at radius 1 is 1.26 bits per heavy atom. The normalized spacial score (nSPS) is 19.8. The van der Waals surface area contributed by atoms with Crippen LogP contribution in [-0.2, 0) is 0 Å². The van der Waals surface area contributed by atoms with Crippen LogP contribution in [0.4, 0.5) is 0 Å². The molecule has 0 spiro atoms.